The maximum absolute atomic E-state index is 5.11. The van der Waals surface area contributed by atoms with E-state index in [4.69, 9.17) is 6.42 Å². The van der Waals surface area contributed by atoms with Crippen LogP contribution < -0.4 is 5.32 Å². The van der Waals surface area contributed by atoms with Gasteiger partial charge in [0, 0.05) is 19.2 Å². The second-order valence-corrected chi connectivity index (χ2v) is 2.60. The summed E-state index contributed by atoms with van der Waals surface area (Å²) in [5.74, 6) is 3.44. The van der Waals surface area contributed by atoms with E-state index in [9.17, 15) is 0 Å². The third kappa shape index (κ3) is 2.63. The normalized spacial score (nSPS) is 9.00. The molecule has 1 aromatic rings. The van der Waals surface area contributed by atoms with Crippen LogP contribution in [0.3, 0.4) is 0 Å². The van der Waals surface area contributed by atoms with E-state index in [1.165, 1.54) is 0 Å². The lowest BCUT2D eigenvalue weighted by Gasteiger charge is -2.01. The van der Waals surface area contributed by atoms with E-state index >= 15 is 0 Å². The molecule has 0 unspecified atom stereocenters. The number of terminal acetylenes is 1. The van der Waals surface area contributed by atoms with Gasteiger partial charge in [-0.25, -0.2) is 4.98 Å². The van der Waals surface area contributed by atoms with Crippen molar-refractivity contribution in [2.45, 2.75) is 13.3 Å². The fourth-order valence-corrected chi connectivity index (χ4v) is 0.835. The highest BCUT2D eigenvalue weighted by Crippen LogP contribution is 2.02. The quantitative estimate of drug-likeness (QED) is 0.539. The number of aryl methyl sites for hydroxylation is 1. The van der Waals surface area contributed by atoms with Crippen LogP contribution in [0.1, 0.15) is 12.0 Å². The SMILES string of the molecule is C#CCCNc1ccc(C)cn1. The van der Waals surface area contributed by atoms with E-state index in [2.05, 4.69) is 16.2 Å². The summed E-state index contributed by atoms with van der Waals surface area (Å²) < 4.78 is 0. The standard InChI is InChI=1S/C10H12N2/c1-3-4-7-11-10-6-5-9(2)8-12-10/h1,5-6,8H,4,7H2,2H3,(H,11,12). The average molecular weight is 160 g/mol. The molecule has 0 aliphatic carbocycles. The van der Waals surface area contributed by atoms with E-state index in [0.29, 0.717) is 0 Å². The Morgan fingerprint density at radius 1 is 1.58 bits per heavy atom. The van der Waals surface area contributed by atoms with Crippen LogP contribution in [0.25, 0.3) is 0 Å². The molecule has 0 aliphatic rings. The highest BCUT2D eigenvalue weighted by Gasteiger charge is 1.89. The summed E-state index contributed by atoms with van der Waals surface area (Å²) in [6, 6.07) is 3.97. The Hall–Kier alpha value is -1.49. The maximum atomic E-state index is 5.11. The van der Waals surface area contributed by atoms with Crippen molar-refractivity contribution in [2.24, 2.45) is 0 Å². The predicted molar refractivity (Wildman–Crippen MR) is 50.9 cm³/mol. The van der Waals surface area contributed by atoms with Crippen LogP contribution in [-0.4, -0.2) is 11.5 Å². The van der Waals surface area contributed by atoms with Crippen LogP contribution in [0.5, 0.6) is 0 Å². The molecular formula is C10H12N2. The lowest BCUT2D eigenvalue weighted by atomic mass is 10.3. The third-order valence-electron chi connectivity index (χ3n) is 1.49. The van der Waals surface area contributed by atoms with Crippen molar-refractivity contribution in [3.05, 3.63) is 23.9 Å². The van der Waals surface area contributed by atoms with E-state index < -0.39 is 0 Å². The zero-order valence-electron chi connectivity index (χ0n) is 7.17. The lowest BCUT2D eigenvalue weighted by Crippen LogP contribution is -2.01. The molecule has 0 radical (unpaired) electrons. The van der Waals surface area contributed by atoms with E-state index in [0.717, 1.165) is 24.3 Å². The van der Waals surface area contributed by atoms with Crippen LogP contribution in [0.2, 0.25) is 0 Å². The number of hydrogen-bond donors (Lipinski definition) is 1. The van der Waals surface area contributed by atoms with Gasteiger partial charge in [0.05, 0.1) is 0 Å². The minimum absolute atomic E-state index is 0.732. The number of rotatable bonds is 3. The molecule has 0 amide bonds. The van der Waals surface area contributed by atoms with Gasteiger partial charge in [-0.2, -0.15) is 0 Å². The molecule has 62 valence electrons. The molecule has 0 spiro atoms. The largest absolute Gasteiger partial charge is 0.369 e. The molecule has 2 heteroatoms. The number of aromatic nitrogens is 1. The molecule has 1 rings (SSSR count). The molecule has 1 heterocycles. The molecule has 0 aliphatic heterocycles. The van der Waals surface area contributed by atoms with Gasteiger partial charge in [-0.1, -0.05) is 6.07 Å². The number of anilines is 1. The zero-order valence-corrected chi connectivity index (χ0v) is 7.17. The first kappa shape index (κ1) is 8.61. The maximum Gasteiger partial charge on any atom is 0.125 e. The number of nitrogens with zero attached hydrogens (tertiary/aromatic N) is 1. The van der Waals surface area contributed by atoms with Crippen molar-refractivity contribution in [3.63, 3.8) is 0 Å². The van der Waals surface area contributed by atoms with Gasteiger partial charge >= 0.3 is 0 Å². The van der Waals surface area contributed by atoms with Gasteiger partial charge in [-0.05, 0) is 18.6 Å². The predicted octanol–water partition coefficient (Wildman–Crippen LogP) is 1.83. The van der Waals surface area contributed by atoms with E-state index in [1.54, 1.807) is 0 Å². The van der Waals surface area contributed by atoms with E-state index in [-0.39, 0.29) is 0 Å². The van der Waals surface area contributed by atoms with Crippen molar-refractivity contribution in [1.29, 1.82) is 0 Å². The van der Waals surface area contributed by atoms with Crippen LogP contribution in [0.15, 0.2) is 18.3 Å². The molecular weight excluding hydrogens is 148 g/mol. The van der Waals surface area contributed by atoms with E-state index in [1.807, 2.05) is 25.3 Å². The summed E-state index contributed by atoms with van der Waals surface area (Å²) in [5.41, 5.74) is 1.16. The van der Waals surface area contributed by atoms with Crippen molar-refractivity contribution in [1.82, 2.24) is 4.98 Å². The second kappa shape index (κ2) is 4.40. The molecule has 1 N–H and O–H groups in total. The fraction of sp³-hybridized carbons (Fsp3) is 0.300. The lowest BCUT2D eigenvalue weighted by molar-refractivity contribution is 1.07. The first-order chi connectivity index (χ1) is 5.83. The summed E-state index contributed by atoms with van der Waals surface area (Å²) in [7, 11) is 0. The molecule has 0 aromatic carbocycles. The van der Waals surface area contributed by atoms with Crippen LogP contribution in [0.4, 0.5) is 5.82 Å². The third-order valence-corrected chi connectivity index (χ3v) is 1.49. The minimum Gasteiger partial charge on any atom is -0.369 e. The summed E-state index contributed by atoms with van der Waals surface area (Å²) >= 11 is 0. The highest BCUT2D eigenvalue weighted by molar-refractivity contribution is 5.35. The molecule has 0 bridgehead atoms. The van der Waals surface area contributed by atoms with Crippen LogP contribution >= 0.6 is 0 Å². The summed E-state index contributed by atoms with van der Waals surface area (Å²) in [5, 5.41) is 3.12. The van der Waals surface area contributed by atoms with Gasteiger partial charge in [0.2, 0.25) is 0 Å². The van der Waals surface area contributed by atoms with Crippen molar-refractivity contribution in [2.75, 3.05) is 11.9 Å². The topological polar surface area (TPSA) is 24.9 Å². The Balaban J connectivity index is 2.43. The second-order valence-electron chi connectivity index (χ2n) is 2.60. The molecule has 0 saturated carbocycles. The van der Waals surface area contributed by atoms with Gasteiger partial charge in [-0.3, -0.25) is 0 Å². The Bertz CT molecular complexity index is 269. The Morgan fingerprint density at radius 3 is 3.00 bits per heavy atom. The smallest absolute Gasteiger partial charge is 0.125 e. The van der Waals surface area contributed by atoms with Crippen LogP contribution in [0, 0.1) is 19.3 Å². The number of pyridine rings is 1. The number of hydrogen-bond acceptors (Lipinski definition) is 2. The highest BCUT2D eigenvalue weighted by atomic mass is 15.0. The summed E-state index contributed by atoms with van der Waals surface area (Å²) in [6.45, 7) is 2.80. The van der Waals surface area contributed by atoms with Crippen molar-refractivity contribution < 1.29 is 0 Å². The van der Waals surface area contributed by atoms with Gasteiger partial charge in [0.25, 0.3) is 0 Å². The molecule has 0 fully saturated rings. The van der Waals surface area contributed by atoms with Crippen molar-refractivity contribution >= 4 is 5.82 Å². The molecule has 0 saturated heterocycles. The fourth-order valence-electron chi connectivity index (χ4n) is 0.835. The minimum atomic E-state index is 0.732. The first-order valence-corrected chi connectivity index (χ1v) is 3.93. The summed E-state index contributed by atoms with van der Waals surface area (Å²) in [4.78, 5) is 4.17. The van der Waals surface area contributed by atoms with Gasteiger partial charge < -0.3 is 5.32 Å². The van der Waals surface area contributed by atoms with Crippen molar-refractivity contribution in [3.8, 4) is 12.3 Å². The van der Waals surface area contributed by atoms with Gasteiger partial charge in [-0.15, -0.1) is 12.3 Å². The average Bonchev–Trinajstić information content (AvgIpc) is 2.09. The Labute approximate surface area is 73.0 Å². The summed E-state index contributed by atoms with van der Waals surface area (Å²) in [6.07, 6.45) is 7.67. The van der Waals surface area contributed by atoms with Crippen LogP contribution in [-0.2, 0) is 0 Å². The molecule has 12 heavy (non-hydrogen) atoms. The molecule has 0 atom stereocenters. The van der Waals surface area contributed by atoms with Gasteiger partial charge in [0.15, 0.2) is 0 Å². The monoisotopic (exact) mass is 160 g/mol. The zero-order chi connectivity index (χ0) is 8.81. The Morgan fingerprint density at radius 2 is 2.42 bits per heavy atom. The Kier molecular flexibility index (Phi) is 3.16. The number of nitrogens with one attached hydrogen (secondary N) is 1. The molecule has 2 nitrogen and oxygen atoms in total. The first-order valence-electron chi connectivity index (χ1n) is 3.93. The molecule has 1 aromatic heterocycles. The van der Waals surface area contributed by atoms with Gasteiger partial charge in [0.1, 0.15) is 5.82 Å².